The van der Waals surface area contributed by atoms with Crippen LogP contribution in [0.2, 0.25) is 0 Å². The molecular weight excluding hydrogens is 236 g/mol. The van der Waals surface area contributed by atoms with Crippen molar-refractivity contribution in [2.75, 3.05) is 20.2 Å². The summed E-state index contributed by atoms with van der Waals surface area (Å²) in [6.07, 6.45) is 3.26. The number of likely N-dealkylation sites (N-methyl/N-ethyl adjacent to an activating group) is 1. The molecule has 2 rings (SSSR count). The molecule has 17 heavy (non-hydrogen) atoms. The van der Waals surface area contributed by atoms with Gasteiger partial charge in [0.15, 0.2) is 0 Å². The molecule has 2 N–H and O–H groups in total. The van der Waals surface area contributed by atoms with Crippen LogP contribution in [0.4, 0.5) is 4.79 Å². The SMILES string of the molecule is CN(CCO)C(=O)NC1CCCc2sccc21. The quantitative estimate of drug-likeness (QED) is 0.863. The number of fused-ring (bicyclic) bond motifs is 1. The molecule has 1 unspecified atom stereocenters. The van der Waals surface area contributed by atoms with Gasteiger partial charge in [-0.1, -0.05) is 0 Å². The Kier molecular flexibility index (Phi) is 4.02. The number of urea groups is 1. The van der Waals surface area contributed by atoms with Gasteiger partial charge >= 0.3 is 6.03 Å². The molecule has 0 aromatic carbocycles. The third-order valence-electron chi connectivity index (χ3n) is 3.13. The Labute approximate surface area is 105 Å². The molecule has 4 nitrogen and oxygen atoms in total. The number of nitrogens with zero attached hydrogens (tertiary/aromatic N) is 1. The van der Waals surface area contributed by atoms with Gasteiger partial charge in [-0.25, -0.2) is 4.79 Å². The summed E-state index contributed by atoms with van der Waals surface area (Å²) in [5.74, 6) is 0. The summed E-state index contributed by atoms with van der Waals surface area (Å²) in [6, 6.07) is 2.14. The molecule has 2 amide bonds. The third-order valence-corrected chi connectivity index (χ3v) is 4.13. The van der Waals surface area contributed by atoms with Crippen LogP contribution in [0, 0.1) is 0 Å². The number of aryl methyl sites for hydroxylation is 1. The number of rotatable bonds is 3. The lowest BCUT2D eigenvalue weighted by atomic mass is 9.94. The molecular formula is C12H18N2O2S. The van der Waals surface area contributed by atoms with E-state index >= 15 is 0 Å². The summed E-state index contributed by atoms with van der Waals surface area (Å²) in [5, 5.41) is 13.9. The minimum atomic E-state index is -0.108. The van der Waals surface area contributed by atoms with Gasteiger partial charge in [0, 0.05) is 18.5 Å². The van der Waals surface area contributed by atoms with Gasteiger partial charge in [-0.15, -0.1) is 11.3 Å². The first-order valence-electron chi connectivity index (χ1n) is 5.91. The van der Waals surface area contributed by atoms with E-state index < -0.39 is 0 Å². The van der Waals surface area contributed by atoms with Gasteiger partial charge in [0.05, 0.1) is 12.6 Å². The summed E-state index contributed by atoms with van der Waals surface area (Å²) >= 11 is 1.77. The van der Waals surface area contributed by atoms with Gasteiger partial charge in [0.2, 0.25) is 0 Å². The molecule has 0 bridgehead atoms. The fourth-order valence-electron chi connectivity index (χ4n) is 2.15. The van der Waals surface area contributed by atoms with Crippen LogP contribution in [0.5, 0.6) is 0 Å². The zero-order valence-corrected chi connectivity index (χ0v) is 10.8. The van der Waals surface area contributed by atoms with Crippen molar-refractivity contribution < 1.29 is 9.90 Å². The molecule has 0 saturated carbocycles. The molecule has 1 aliphatic rings. The lowest BCUT2D eigenvalue weighted by Crippen LogP contribution is -2.41. The van der Waals surface area contributed by atoms with Crippen molar-refractivity contribution in [1.29, 1.82) is 0 Å². The zero-order chi connectivity index (χ0) is 12.3. The van der Waals surface area contributed by atoms with Gasteiger partial charge in [0.1, 0.15) is 0 Å². The van der Waals surface area contributed by atoms with E-state index in [1.807, 2.05) is 0 Å². The van der Waals surface area contributed by atoms with Gasteiger partial charge < -0.3 is 15.3 Å². The first kappa shape index (κ1) is 12.4. The summed E-state index contributed by atoms with van der Waals surface area (Å²) < 4.78 is 0. The molecule has 5 heteroatoms. The molecule has 0 aliphatic heterocycles. The molecule has 0 fully saturated rings. The number of carbonyl (C=O) groups is 1. The molecule has 1 atom stereocenters. The Morgan fingerprint density at radius 1 is 1.71 bits per heavy atom. The van der Waals surface area contributed by atoms with E-state index in [0.29, 0.717) is 6.54 Å². The van der Waals surface area contributed by atoms with E-state index in [4.69, 9.17) is 5.11 Å². The Morgan fingerprint density at radius 3 is 3.29 bits per heavy atom. The minimum absolute atomic E-state index is 0.00170. The topological polar surface area (TPSA) is 52.6 Å². The average molecular weight is 254 g/mol. The highest BCUT2D eigenvalue weighted by Crippen LogP contribution is 2.33. The largest absolute Gasteiger partial charge is 0.395 e. The molecule has 1 heterocycles. The molecule has 1 aromatic rings. The predicted molar refractivity (Wildman–Crippen MR) is 68.2 cm³/mol. The lowest BCUT2D eigenvalue weighted by molar-refractivity contribution is 0.186. The lowest BCUT2D eigenvalue weighted by Gasteiger charge is -2.26. The second kappa shape index (κ2) is 5.51. The number of amides is 2. The molecule has 0 spiro atoms. The van der Waals surface area contributed by atoms with Gasteiger partial charge in [0.25, 0.3) is 0 Å². The van der Waals surface area contributed by atoms with Crippen molar-refractivity contribution in [2.45, 2.75) is 25.3 Å². The van der Waals surface area contributed by atoms with Crippen molar-refractivity contribution >= 4 is 17.4 Å². The minimum Gasteiger partial charge on any atom is -0.395 e. The number of aliphatic hydroxyl groups is 1. The summed E-state index contributed by atoms with van der Waals surface area (Å²) in [4.78, 5) is 14.7. The Balaban J connectivity index is 1.99. The van der Waals surface area contributed by atoms with Crippen LogP contribution in [-0.4, -0.2) is 36.2 Å². The predicted octanol–water partition coefficient (Wildman–Crippen LogP) is 1.76. The smallest absolute Gasteiger partial charge is 0.317 e. The van der Waals surface area contributed by atoms with Crippen LogP contribution < -0.4 is 5.32 Å². The van der Waals surface area contributed by atoms with Crippen LogP contribution in [0.3, 0.4) is 0 Å². The van der Waals surface area contributed by atoms with Crippen molar-refractivity contribution in [2.24, 2.45) is 0 Å². The van der Waals surface area contributed by atoms with Crippen molar-refractivity contribution in [3.8, 4) is 0 Å². The number of carbonyl (C=O) groups excluding carboxylic acids is 1. The second-order valence-corrected chi connectivity index (χ2v) is 5.34. The van der Waals surface area contributed by atoms with E-state index in [1.165, 1.54) is 15.3 Å². The van der Waals surface area contributed by atoms with Crippen molar-refractivity contribution in [3.05, 3.63) is 21.9 Å². The van der Waals surface area contributed by atoms with E-state index in [-0.39, 0.29) is 18.7 Å². The fraction of sp³-hybridized carbons (Fsp3) is 0.583. The number of hydrogen-bond acceptors (Lipinski definition) is 3. The van der Waals surface area contributed by atoms with Crippen LogP contribution >= 0.6 is 11.3 Å². The van der Waals surface area contributed by atoms with E-state index in [2.05, 4.69) is 16.8 Å². The Morgan fingerprint density at radius 2 is 2.53 bits per heavy atom. The molecule has 1 aliphatic carbocycles. The third kappa shape index (κ3) is 2.79. The number of thiophene rings is 1. The summed E-state index contributed by atoms with van der Waals surface area (Å²) in [6.45, 7) is 0.368. The monoisotopic (exact) mass is 254 g/mol. The van der Waals surface area contributed by atoms with Crippen LogP contribution in [0.1, 0.15) is 29.3 Å². The number of aliphatic hydroxyl groups excluding tert-OH is 1. The van der Waals surface area contributed by atoms with Crippen LogP contribution in [0.15, 0.2) is 11.4 Å². The molecule has 0 saturated heterocycles. The van der Waals surface area contributed by atoms with Gasteiger partial charge in [-0.2, -0.15) is 0 Å². The Bertz CT molecular complexity index is 392. The highest BCUT2D eigenvalue weighted by molar-refractivity contribution is 7.10. The van der Waals surface area contributed by atoms with Gasteiger partial charge in [-0.3, -0.25) is 0 Å². The highest BCUT2D eigenvalue weighted by Gasteiger charge is 2.23. The van der Waals surface area contributed by atoms with Crippen molar-refractivity contribution in [3.63, 3.8) is 0 Å². The molecule has 0 radical (unpaired) electrons. The maximum Gasteiger partial charge on any atom is 0.317 e. The zero-order valence-electron chi connectivity index (χ0n) is 9.98. The van der Waals surface area contributed by atoms with Crippen LogP contribution in [0.25, 0.3) is 0 Å². The summed E-state index contributed by atoms with van der Waals surface area (Å²) in [5.41, 5.74) is 1.27. The maximum absolute atomic E-state index is 11.8. The molecule has 94 valence electrons. The van der Waals surface area contributed by atoms with E-state index in [1.54, 1.807) is 18.4 Å². The van der Waals surface area contributed by atoms with E-state index in [0.717, 1.165) is 19.3 Å². The Hall–Kier alpha value is -1.07. The molecule has 1 aromatic heterocycles. The first-order valence-corrected chi connectivity index (χ1v) is 6.79. The van der Waals surface area contributed by atoms with E-state index in [9.17, 15) is 4.79 Å². The highest BCUT2D eigenvalue weighted by atomic mass is 32.1. The van der Waals surface area contributed by atoms with Crippen LogP contribution in [-0.2, 0) is 6.42 Å². The number of hydrogen-bond donors (Lipinski definition) is 2. The number of nitrogens with one attached hydrogen (secondary N) is 1. The summed E-state index contributed by atoms with van der Waals surface area (Å²) in [7, 11) is 1.70. The second-order valence-electron chi connectivity index (χ2n) is 4.34. The van der Waals surface area contributed by atoms with Gasteiger partial charge in [-0.05, 0) is 36.3 Å². The van der Waals surface area contributed by atoms with Crippen molar-refractivity contribution in [1.82, 2.24) is 10.2 Å². The fourth-order valence-corrected chi connectivity index (χ4v) is 3.13. The first-order chi connectivity index (χ1) is 8.22. The normalized spacial score (nSPS) is 18.6. The maximum atomic E-state index is 11.8. The standard InChI is InChI=1S/C12H18N2O2S/c1-14(6-7-15)12(16)13-10-3-2-4-11-9(10)5-8-17-11/h5,8,10,15H,2-4,6-7H2,1H3,(H,13,16). The average Bonchev–Trinajstić information content (AvgIpc) is 2.78.